The van der Waals surface area contributed by atoms with E-state index in [1.807, 2.05) is 38.4 Å². The van der Waals surface area contributed by atoms with Gasteiger partial charge in [-0.3, -0.25) is 9.69 Å². The normalized spacial score (nSPS) is 16.1. The van der Waals surface area contributed by atoms with E-state index in [4.69, 9.17) is 4.74 Å². The van der Waals surface area contributed by atoms with Crippen molar-refractivity contribution in [2.24, 2.45) is 5.92 Å². The highest BCUT2D eigenvalue weighted by Gasteiger charge is 2.22. The van der Waals surface area contributed by atoms with Crippen LogP contribution in [0.3, 0.4) is 0 Å². The number of para-hydroxylation sites is 1. The van der Waals surface area contributed by atoms with Crippen molar-refractivity contribution in [1.82, 2.24) is 15.1 Å². The molecular weight excluding hydrogens is 302 g/mol. The molecule has 5 nitrogen and oxygen atoms in total. The first-order valence-electron chi connectivity index (χ1n) is 8.86. The molecule has 134 valence electrons. The Morgan fingerprint density at radius 2 is 2.04 bits per heavy atom. The number of benzene rings is 1. The van der Waals surface area contributed by atoms with Crippen LogP contribution in [-0.4, -0.2) is 63.1 Å². The van der Waals surface area contributed by atoms with Crippen molar-refractivity contribution >= 4 is 5.91 Å². The molecule has 0 saturated carbocycles. The van der Waals surface area contributed by atoms with Crippen molar-refractivity contribution in [3.63, 3.8) is 0 Å². The number of piperidine rings is 1. The number of likely N-dealkylation sites (N-methyl/N-ethyl adjacent to an activating group) is 1. The van der Waals surface area contributed by atoms with Crippen molar-refractivity contribution < 1.29 is 9.53 Å². The lowest BCUT2D eigenvalue weighted by atomic mass is 9.93. The summed E-state index contributed by atoms with van der Waals surface area (Å²) in [6.07, 6.45) is 3.64. The van der Waals surface area contributed by atoms with Gasteiger partial charge in [-0.25, -0.2) is 0 Å². The molecule has 24 heavy (non-hydrogen) atoms. The summed E-state index contributed by atoms with van der Waals surface area (Å²) >= 11 is 0. The van der Waals surface area contributed by atoms with E-state index in [-0.39, 0.29) is 5.91 Å². The number of hydrogen-bond acceptors (Lipinski definition) is 4. The van der Waals surface area contributed by atoms with E-state index in [0.29, 0.717) is 13.1 Å². The highest BCUT2D eigenvalue weighted by atomic mass is 16.5. The van der Waals surface area contributed by atoms with Gasteiger partial charge in [-0.2, -0.15) is 0 Å². The lowest BCUT2D eigenvalue weighted by molar-refractivity contribution is -0.132. The molecule has 0 aromatic heterocycles. The number of nitrogens with zero attached hydrogens (tertiary/aromatic N) is 2. The molecule has 1 heterocycles. The molecule has 0 radical (unpaired) electrons. The molecule has 0 spiro atoms. The van der Waals surface area contributed by atoms with Gasteiger partial charge in [-0.1, -0.05) is 18.2 Å². The van der Waals surface area contributed by atoms with Crippen molar-refractivity contribution in [2.75, 3.05) is 47.4 Å². The van der Waals surface area contributed by atoms with Gasteiger partial charge in [0, 0.05) is 19.2 Å². The highest BCUT2D eigenvalue weighted by molar-refractivity contribution is 5.78. The molecule has 1 aliphatic rings. The molecule has 0 aliphatic carbocycles. The third-order valence-electron chi connectivity index (χ3n) is 4.89. The van der Waals surface area contributed by atoms with Crippen molar-refractivity contribution in [1.29, 1.82) is 0 Å². The standard InChI is InChI=1S/C19H31N3O2/c1-20-11-8-16-9-12-22(13-10-16)15-19(23)21(2)14-17-6-4-5-7-18(17)24-3/h4-7,16,20H,8-15H2,1-3H3. The van der Waals surface area contributed by atoms with Crippen molar-refractivity contribution in [3.8, 4) is 5.75 Å². The fourth-order valence-electron chi connectivity index (χ4n) is 3.27. The molecule has 0 unspecified atom stereocenters. The van der Waals surface area contributed by atoms with E-state index in [9.17, 15) is 4.79 Å². The number of rotatable bonds is 8. The minimum absolute atomic E-state index is 0.176. The second-order valence-electron chi connectivity index (χ2n) is 6.67. The quantitative estimate of drug-likeness (QED) is 0.790. The Balaban J connectivity index is 1.78. The van der Waals surface area contributed by atoms with Gasteiger partial charge in [0.05, 0.1) is 13.7 Å². The maximum Gasteiger partial charge on any atom is 0.236 e. The number of amides is 1. The number of likely N-dealkylation sites (tertiary alicyclic amines) is 1. The SMILES string of the molecule is CNCCC1CCN(CC(=O)N(C)Cc2ccccc2OC)CC1. The number of methoxy groups -OCH3 is 1. The van der Waals surface area contributed by atoms with Gasteiger partial charge in [-0.15, -0.1) is 0 Å². The smallest absolute Gasteiger partial charge is 0.236 e. The Hall–Kier alpha value is -1.59. The Morgan fingerprint density at radius 1 is 1.33 bits per heavy atom. The van der Waals surface area contributed by atoms with Gasteiger partial charge in [0.1, 0.15) is 5.75 Å². The predicted octanol–water partition coefficient (Wildman–Crippen LogP) is 1.98. The zero-order chi connectivity index (χ0) is 17.4. The summed E-state index contributed by atoms with van der Waals surface area (Å²) in [6, 6.07) is 7.87. The topological polar surface area (TPSA) is 44.8 Å². The number of ether oxygens (including phenoxy) is 1. The van der Waals surface area contributed by atoms with Crippen LogP contribution < -0.4 is 10.1 Å². The average Bonchev–Trinajstić information content (AvgIpc) is 2.61. The molecule has 1 aliphatic heterocycles. The number of hydrogen-bond donors (Lipinski definition) is 1. The van der Waals surface area contributed by atoms with E-state index in [1.165, 1.54) is 19.3 Å². The number of carbonyl (C=O) groups excluding carboxylic acids is 1. The summed E-state index contributed by atoms with van der Waals surface area (Å²) in [5.74, 6) is 1.81. The number of nitrogens with one attached hydrogen (secondary N) is 1. The summed E-state index contributed by atoms with van der Waals surface area (Å²) in [5, 5.41) is 3.22. The molecule has 1 aromatic rings. The fourth-order valence-corrected chi connectivity index (χ4v) is 3.27. The van der Waals surface area contributed by atoms with E-state index in [2.05, 4.69) is 10.2 Å². The van der Waals surface area contributed by atoms with Gasteiger partial charge >= 0.3 is 0 Å². The van der Waals surface area contributed by atoms with Crippen LogP contribution in [0.5, 0.6) is 5.75 Å². The average molecular weight is 333 g/mol. The summed E-state index contributed by atoms with van der Waals surface area (Å²) in [4.78, 5) is 16.6. The molecule has 1 fully saturated rings. The predicted molar refractivity (Wildman–Crippen MR) is 97.2 cm³/mol. The second-order valence-corrected chi connectivity index (χ2v) is 6.67. The molecule has 1 aromatic carbocycles. The summed E-state index contributed by atoms with van der Waals surface area (Å²) in [6.45, 7) is 4.25. The van der Waals surface area contributed by atoms with Gasteiger partial charge in [0.25, 0.3) is 0 Å². The van der Waals surface area contributed by atoms with Gasteiger partial charge < -0.3 is 15.0 Å². The Labute approximate surface area is 146 Å². The third kappa shape index (κ3) is 5.49. The molecule has 0 bridgehead atoms. The van der Waals surface area contributed by atoms with Crippen LogP contribution in [0.4, 0.5) is 0 Å². The molecule has 0 atom stereocenters. The van der Waals surface area contributed by atoms with E-state index in [0.717, 1.165) is 36.9 Å². The lowest BCUT2D eigenvalue weighted by Crippen LogP contribution is -2.42. The molecule has 5 heteroatoms. The maximum atomic E-state index is 12.5. The molecule has 1 amide bonds. The van der Waals surface area contributed by atoms with Gasteiger partial charge in [0.2, 0.25) is 5.91 Å². The minimum Gasteiger partial charge on any atom is -0.496 e. The zero-order valence-electron chi connectivity index (χ0n) is 15.3. The molecule has 1 saturated heterocycles. The van der Waals surface area contributed by atoms with Crippen LogP contribution >= 0.6 is 0 Å². The molecular formula is C19H31N3O2. The van der Waals surface area contributed by atoms with E-state index >= 15 is 0 Å². The van der Waals surface area contributed by atoms with Crippen LogP contribution in [0.1, 0.15) is 24.8 Å². The van der Waals surface area contributed by atoms with Crippen LogP contribution in [0.25, 0.3) is 0 Å². The Kier molecular flexibility index (Phi) is 7.53. The first-order chi connectivity index (χ1) is 11.6. The fraction of sp³-hybridized carbons (Fsp3) is 0.632. The molecule has 2 rings (SSSR count). The molecule has 1 N–H and O–H groups in total. The van der Waals surface area contributed by atoms with E-state index < -0.39 is 0 Å². The number of carbonyl (C=O) groups is 1. The zero-order valence-corrected chi connectivity index (χ0v) is 15.3. The summed E-state index contributed by atoms with van der Waals surface area (Å²) in [5.41, 5.74) is 1.04. The van der Waals surface area contributed by atoms with Gasteiger partial charge in [0.15, 0.2) is 0 Å². The maximum absolute atomic E-state index is 12.5. The largest absolute Gasteiger partial charge is 0.496 e. The Bertz CT molecular complexity index is 513. The lowest BCUT2D eigenvalue weighted by Gasteiger charge is -2.32. The van der Waals surface area contributed by atoms with Crippen molar-refractivity contribution in [2.45, 2.75) is 25.8 Å². The van der Waals surface area contributed by atoms with Crippen LogP contribution in [0.15, 0.2) is 24.3 Å². The van der Waals surface area contributed by atoms with Crippen LogP contribution in [0, 0.1) is 5.92 Å². The second kappa shape index (κ2) is 9.64. The first-order valence-corrected chi connectivity index (χ1v) is 8.86. The minimum atomic E-state index is 0.176. The highest BCUT2D eigenvalue weighted by Crippen LogP contribution is 2.21. The monoisotopic (exact) mass is 333 g/mol. The Morgan fingerprint density at radius 3 is 2.71 bits per heavy atom. The summed E-state index contributed by atoms with van der Waals surface area (Å²) < 4.78 is 5.37. The third-order valence-corrected chi connectivity index (χ3v) is 4.89. The van der Waals surface area contributed by atoms with Crippen LogP contribution in [-0.2, 0) is 11.3 Å². The first kappa shape index (κ1) is 18.7. The van der Waals surface area contributed by atoms with E-state index in [1.54, 1.807) is 12.0 Å². The van der Waals surface area contributed by atoms with Gasteiger partial charge in [-0.05, 0) is 57.9 Å². The van der Waals surface area contributed by atoms with Crippen LogP contribution in [0.2, 0.25) is 0 Å². The summed E-state index contributed by atoms with van der Waals surface area (Å²) in [7, 11) is 5.54. The van der Waals surface area contributed by atoms with Crippen molar-refractivity contribution in [3.05, 3.63) is 29.8 Å².